The second-order valence-corrected chi connectivity index (χ2v) is 8.92. The van der Waals surface area contributed by atoms with Crippen molar-refractivity contribution in [2.75, 3.05) is 5.75 Å². The number of rotatable bonds is 8. The molecule has 6 nitrogen and oxygen atoms in total. The number of ketones is 1. The van der Waals surface area contributed by atoms with E-state index in [0.717, 1.165) is 11.1 Å². The molecule has 1 aromatic heterocycles. The quantitative estimate of drug-likeness (QED) is 0.430. The third-order valence-electron chi connectivity index (χ3n) is 5.04. The number of carbonyl (C=O) groups excluding carboxylic acids is 2. The van der Waals surface area contributed by atoms with Crippen molar-refractivity contribution in [3.05, 3.63) is 70.0 Å². The number of para-hydroxylation sites is 1. The standard InChI is InChI=1S/C24H27N3O3S/c1-15(2)22(17(4)28)26-21(29)14-31-24-25-20-8-6-5-7-19(20)23(30)27(24)13-18-11-9-16(3)10-12-18/h5-12,15,22H,13-14H2,1-4H3,(H,26,29). The number of hydrogen-bond acceptors (Lipinski definition) is 5. The summed E-state index contributed by atoms with van der Waals surface area (Å²) >= 11 is 1.20. The van der Waals surface area contributed by atoms with Gasteiger partial charge in [0.1, 0.15) is 0 Å². The fourth-order valence-electron chi connectivity index (χ4n) is 3.36. The van der Waals surface area contributed by atoms with Gasteiger partial charge in [0.05, 0.1) is 29.2 Å². The van der Waals surface area contributed by atoms with Gasteiger partial charge in [-0.05, 0) is 37.5 Å². The van der Waals surface area contributed by atoms with E-state index in [2.05, 4.69) is 10.3 Å². The average Bonchev–Trinajstić information content (AvgIpc) is 2.73. The highest BCUT2D eigenvalue weighted by molar-refractivity contribution is 7.99. The summed E-state index contributed by atoms with van der Waals surface area (Å²) < 4.78 is 1.61. The number of nitrogens with zero attached hydrogens (tertiary/aromatic N) is 2. The minimum atomic E-state index is -0.521. The Morgan fingerprint density at radius 2 is 1.77 bits per heavy atom. The molecule has 0 bridgehead atoms. The molecular weight excluding hydrogens is 410 g/mol. The van der Waals surface area contributed by atoms with Crippen molar-refractivity contribution in [3.8, 4) is 0 Å². The third-order valence-corrected chi connectivity index (χ3v) is 6.02. The number of aryl methyl sites for hydroxylation is 1. The van der Waals surface area contributed by atoms with Crippen molar-refractivity contribution < 1.29 is 9.59 Å². The van der Waals surface area contributed by atoms with E-state index in [9.17, 15) is 14.4 Å². The van der Waals surface area contributed by atoms with Crippen LogP contribution in [0.1, 0.15) is 31.9 Å². The second kappa shape index (κ2) is 9.92. The number of carbonyl (C=O) groups is 2. The first-order valence-corrected chi connectivity index (χ1v) is 11.2. The van der Waals surface area contributed by atoms with Crippen molar-refractivity contribution in [2.24, 2.45) is 5.92 Å². The molecular formula is C24H27N3O3S. The van der Waals surface area contributed by atoms with Gasteiger partial charge < -0.3 is 5.32 Å². The molecule has 162 valence electrons. The van der Waals surface area contributed by atoms with Gasteiger partial charge >= 0.3 is 0 Å². The second-order valence-electron chi connectivity index (χ2n) is 7.98. The van der Waals surface area contributed by atoms with Gasteiger partial charge in [-0.15, -0.1) is 0 Å². The zero-order valence-electron chi connectivity index (χ0n) is 18.2. The first-order chi connectivity index (χ1) is 14.8. The average molecular weight is 438 g/mol. The Labute approximate surface area is 186 Å². The first-order valence-electron chi connectivity index (χ1n) is 10.2. The Morgan fingerprint density at radius 1 is 1.10 bits per heavy atom. The van der Waals surface area contributed by atoms with Crippen LogP contribution < -0.4 is 10.9 Å². The number of thioether (sulfide) groups is 1. The molecule has 1 N–H and O–H groups in total. The van der Waals surface area contributed by atoms with Crippen LogP contribution in [0.2, 0.25) is 0 Å². The van der Waals surface area contributed by atoms with E-state index in [1.807, 2.05) is 57.2 Å². The summed E-state index contributed by atoms with van der Waals surface area (Å²) in [5, 5.41) is 3.81. The molecule has 0 radical (unpaired) electrons. The molecule has 0 spiro atoms. The Bertz CT molecular complexity index is 1150. The van der Waals surface area contributed by atoms with Crippen LogP contribution in [0.3, 0.4) is 0 Å². The van der Waals surface area contributed by atoms with Crippen molar-refractivity contribution in [2.45, 2.75) is 45.4 Å². The highest BCUT2D eigenvalue weighted by Crippen LogP contribution is 2.19. The van der Waals surface area contributed by atoms with Crippen molar-refractivity contribution >= 4 is 34.4 Å². The molecule has 0 aliphatic rings. The van der Waals surface area contributed by atoms with Crippen molar-refractivity contribution in [1.82, 2.24) is 14.9 Å². The molecule has 3 aromatic rings. The van der Waals surface area contributed by atoms with E-state index in [1.165, 1.54) is 18.7 Å². The smallest absolute Gasteiger partial charge is 0.262 e. The molecule has 0 aliphatic heterocycles. The minimum Gasteiger partial charge on any atom is -0.345 e. The fraction of sp³-hybridized carbons (Fsp3) is 0.333. The SMILES string of the molecule is CC(=O)C(NC(=O)CSc1nc2ccccc2c(=O)n1Cc1ccc(C)cc1)C(C)C. The van der Waals surface area contributed by atoms with Crippen molar-refractivity contribution in [3.63, 3.8) is 0 Å². The van der Waals surface area contributed by atoms with Crippen LogP contribution in [0.5, 0.6) is 0 Å². The van der Waals surface area contributed by atoms with E-state index < -0.39 is 6.04 Å². The predicted octanol–water partition coefficient (Wildman–Crippen LogP) is 3.58. The Hall–Kier alpha value is -2.93. The lowest BCUT2D eigenvalue weighted by Gasteiger charge is -2.19. The van der Waals surface area contributed by atoms with Gasteiger partial charge in [-0.2, -0.15) is 0 Å². The van der Waals surface area contributed by atoms with Gasteiger partial charge in [-0.25, -0.2) is 4.98 Å². The summed E-state index contributed by atoms with van der Waals surface area (Å²) in [6, 6.07) is 14.7. The molecule has 0 fully saturated rings. The summed E-state index contributed by atoms with van der Waals surface area (Å²) in [4.78, 5) is 42.1. The van der Waals surface area contributed by atoms with Gasteiger partial charge in [0, 0.05) is 0 Å². The maximum atomic E-state index is 13.2. The van der Waals surface area contributed by atoms with E-state index in [0.29, 0.717) is 22.6 Å². The summed E-state index contributed by atoms with van der Waals surface area (Å²) in [7, 11) is 0. The first kappa shape index (κ1) is 22.7. The third kappa shape index (κ3) is 5.61. The molecule has 31 heavy (non-hydrogen) atoms. The van der Waals surface area contributed by atoms with E-state index in [4.69, 9.17) is 0 Å². The monoisotopic (exact) mass is 437 g/mol. The zero-order valence-corrected chi connectivity index (χ0v) is 19.0. The molecule has 1 amide bonds. The predicted molar refractivity (Wildman–Crippen MR) is 124 cm³/mol. The summed E-state index contributed by atoms with van der Waals surface area (Å²) in [6.45, 7) is 7.64. The lowest BCUT2D eigenvalue weighted by atomic mass is 10.0. The molecule has 0 saturated carbocycles. The van der Waals surface area contributed by atoms with Crippen molar-refractivity contribution in [1.29, 1.82) is 0 Å². The van der Waals surface area contributed by atoms with Crippen LogP contribution in [0.4, 0.5) is 0 Å². The van der Waals surface area contributed by atoms with Gasteiger partial charge in [-0.1, -0.05) is 67.6 Å². The topological polar surface area (TPSA) is 81.1 Å². The number of benzene rings is 2. The van der Waals surface area contributed by atoms with Crippen LogP contribution in [0.25, 0.3) is 10.9 Å². The van der Waals surface area contributed by atoms with Gasteiger partial charge in [0.25, 0.3) is 5.56 Å². The van der Waals surface area contributed by atoms with Crippen LogP contribution in [-0.2, 0) is 16.1 Å². The van der Waals surface area contributed by atoms with Crippen LogP contribution >= 0.6 is 11.8 Å². The number of fused-ring (bicyclic) bond motifs is 1. The molecule has 1 heterocycles. The van der Waals surface area contributed by atoms with E-state index >= 15 is 0 Å². The maximum absolute atomic E-state index is 13.2. The molecule has 1 unspecified atom stereocenters. The molecule has 2 aromatic carbocycles. The normalized spacial score (nSPS) is 12.2. The molecule has 0 aliphatic carbocycles. The Kier molecular flexibility index (Phi) is 7.28. The highest BCUT2D eigenvalue weighted by Gasteiger charge is 2.21. The number of hydrogen-bond donors (Lipinski definition) is 1. The van der Waals surface area contributed by atoms with Crippen LogP contribution in [0.15, 0.2) is 58.5 Å². The Morgan fingerprint density at radius 3 is 2.42 bits per heavy atom. The van der Waals surface area contributed by atoms with Gasteiger partial charge in [0.15, 0.2) is 10.9 Å². The molecule has 0 saturated heterocycles. The van der Waals surface area contributed by atoms with Crippen LogP contribution in [-0.4, -0.2) is 33.0 Å². The number of amides is 1. The minimum absolute atomic E-state index is 0.00459. The molecule has 7 heteroatoms. The fourth-order valence-corrected chi connectivity index (χ4v) is 4.17. The van der Waals surface area contributed by atoms with Crippen LogP contribution in [0, 0.1) is 12.8 Å². The largest absolute Gasteiger partial charge is 0.345 e. The molecule has 3 rings (SSSR count). The summed E-state index contributed by atoms with van der Waals surface area (Å²) in [5.74, 6) is -0.267. The molecule has 1 atom stereocenters. The zero-order chi connectivity index (χ0) is 22.5. The van der Waals surface area contributed by atoms with E-state index in [-0.39, 0.29) is 28.9 Å². The van der Waals surface area contributed by atoms with E-state index in [1.54, 1.807) is 16.7 Å². The number of Topliss-reactive ketones (excluding diaryl/α,β-unsaturated/α-hetero) is 1. The lowest BCUT2D eigenvalue weighted by molar-refractivity contribution is -0.126. The maximum Gasteiger partial charge on any atom is 0.262 e. The lowest BCUT2D eigenvalue weighted by Crippen LogP contribution is -2.44. The number of nitrogens with one attached hydrogen (secondary N) is 1. The van der Waals surface area contributed by atoms with Gasteiger partial charge in [0.2, 0.25) is 5.91 Å². The van der Waals surface area contributed by atoms with Gasteiger partial charge in [-0.3, -0.25) is 19.0 Å². The Balaban J connectivity index is 1.89. The highest BCUT2D eigenvalue weighted by atomic mass is 32.2. The number of aromatic nitrogens is 2. The summed E-state index contributed by atoms with van der Waals surface area (Å²) in [6.07, 6.45) is 0. The summed E-state index contributed by atoms with van der Waals surface area (Å²) in [5.41, 5.74) is 2.58.